The van der Waals surface area contributed by atoms with Gasteiger partial charge < -0.3 is 9.79 Å². The van der Waals surface area contributed by atoms with Gasteiger partial charge in [0.1, 0.15) is 0 Å². The Balaban J connectivity index is 2.72. The van der Waals surface area contributed by atoms with Crippen LogP contribution in [-0.4, -0.2) is 30.6 Å². The van der Waals surface area contributed by atoms with Crippen LogP contribution in [0.25, 0.3) is 0 Å². The van der Waals surface area contributed by atoms with Gasteiger partial charge in [0, 0.05) is 6.21 Å². The van der Waals surface area contributed by atoms with Crippen molar-refractivity contribution in [3.8, 4) is 0 Å². The van der Waals surface area contributed by atoms with E-state index in [0.29, 0.717) is 0 Å². The maximum Gasteiger partial charge on any atom is 0.330 e. The summed E-state index contributed by atoms with van der Waals surface area (Å²) in [5.41, 5.74) is 0.916. The van der Waals surface area contributed by atoms with Crippen molar-refractivity contribution < 1.29 is 22.8 Å². The molecular formula is C9H13N2O5PS. The minimum absolute atomic E-state index is 0.0291. The quantitative estimate of drug-likeness (QED) is 0.413. The molecule has 1 rings (SSSR count). The summed E-state index contributed by atoms with van der Waals surface area (Å²) in [6, 6.07) is 6.09. The molecule has 0 spiro atoms. The van der Waals surface area contributed by atoms with Crippen molar-refractivity contribution >= 4 is 23.8 Å². The zero-order chi connectivity index (χ0) is 13.8. The number of nitrogens with one attached hydrogen (secondary N) is 1. The first-order valence-electron chi connectivity index (χ1n) is 4.85. The van der Waals surface area contributed by atoms with Crippen molar-refractivity contribution in [2.24, 2.45) is 5.10 Å². The first-order chi connectivity index (χ1) is 8.21. The monoisotopic (exact) mass is 292 g/mol. The van der Waals surface area contributed by atoms with Crippen LogP contribution in [-0.2, 0) is 14.6 Å². The van der Waals surface area contributed by atoms with Gasteiger partial charge in [0.25, 0.3) is 10.0 Å². The highest BCUT2D eigenvalue weighted by Gasteiger charge is 2.13. The number of hydrazone groups is 1. The summed E-state index contributed by atoms with van der Waals surface area (Å²) in [5.74, 6) is 0. The van der Waals surface area contributed by atoms with Gasteiger partial charge in [0.05, 0.1) is 11.1 Å². The van der Waals surface area contributed by atoms with Crippen LogP contribution in [0.1, 0.15) is 5.56 Å². The molecule has 3 N–H and O–H groups in total. The van der Waals surface area contributed by atoms with Crippen molar-refractivity contribution in [2.45, 2.75) is 11.8 Å². The molecule has 0 atom stereocenters. The highest BCUT2D eigenvalue weighted by atomic mass is 32.2. The van der Waals surface area contributed by atoms with Gasteiger partial charge in [-0.3, -0.25) is 4.57 Å². The molecule has 0 aliphatic carbocycles. The van der Waals surface area contributed by atoms with E-state index in [-0.39, 0.29) is 4.90 Å². The number of hydrogen-bond acceptors (Lipinski definition) is 4. The van der Waals surface area contributed by atoms with Crippen LogP contribution >= 0.6 is 7.60 Å². The minimum Gasteiger partial charge on any atom is -0.324 e. The molecule has 9 heteroatoms. The van der Waals surface area contributed by atoms with Crippen LogP contribution in [0.15, 0.2) is 34.3 Å². The number of rotatable bonds is 5. The van der Waals surface area contributed by atoms with E-state index in [0.717, 1.165) is 11.8 Å². The molecule has 0 aliphatic heterocycles. The number of benzene rings is 1. The molecule has 18 heavy (non-hydrogen) atoms. The number of sulfonamides is 1. The van der Waals surface area contributed by atoms with Crippen LogP contribution < -0.4 is 4.83 Å². The van der Waals surface area contributed by atoms with Gasteiger partial charge in [-0.05, 0) is 19.1 Å². The Bertz CT molecular complexity index is 575. The number of hydrogen-bond donors (Lipinski definition) is 3. The van der Waals surface area contributed by atoms with Crippen LogP contribution in [0.4, 0.5) is 0 Å². The molecule has 0 heterocycles. The van der Waals surface area contributed by atoms with E-state index in [1.165, 1.54) is 12.1 Å². The summed E-state index contributed by atoms with van der Waals surface area (Å²) in [6.07, 6.45) is 0.204. The van der Waals surface area contributed by atoms with E-state index >= 15 is 0 Å². The maximum atomic E-state index is 11.6. The van der Waals surface area contributed by atoms with E-state index < -0.39 is 23.8 Å². The molecule has 1 aromatic rings. The Kier molecular flexibility index (Phi) is 4.64. The second-order valence-electron chi connectivity index (χ2n) is 3.57. The fourth-order valence-corrected chi connectivity index (χ4v) is 2.13. The van der Waals surface area contributed by atoms with Crippen molar-refractivity contribution in [3.63, 3.8) is 0 Å². The molecule has 0 saturated carbocycles. The highest BCUT2D eigenvalue weighted by Crippen LogP contribution is 2.32. The molecule has 7 nitrogen and oxygen atoms in total. The summed E-state index contributed by atoms with van der Waals surface area (Å²) in [4.78, 5) is 19.0. The predicted molar refractivity (Wildman–Crippen MR) is 66.9 cm³/mol. The summed E-state index contributed by atoms with van der Waals surface area (Å²) in [5, 5.41) is 3.27. The van der Waals surface area contributed by atoms with Gasteiger partial charge in [-0.15, -0.1) is 0 Å². The van der Waals surface area contributed by atoms with E-state index in [1.54, 1.807) is 12.1 Å². The Morgan fingerprint density at radius 1 is 1.33 bits per heavy atom. The first-order valence-corrected chi connectivity index (χ1v) is 8.13. The third-order valence-corrected chi connectivity index (χ3v) is 3.79. The topological polar surface area (TPSA) is 116 Å². The number of aryl methyl sites for hydroxylation is 1. The molecule has 1 aromatic carbocycles. The first kappa shape index (κ1) is 14.8. The molecule has 0 fully saturated rings. The molecule has 100 valence electrons. The Morgan fingerprint density at radius 3 is 2.39 bits per heavy atom. The molecule has 0 saturated heterocycles. The summed E-state index contributed by atoms with van der Waals surface area (Å²) < 4.78 is 33.8. The largest absolute Gasteiger partial charge is 0.330 e. The third kappa shape index (κ3) is 4.97. The minimum atomic E-state index is -4.21. The predicted octanol–water partition coefficient (Wildman–Crippen LogP) is 0.437. The Hall–Kier alpha value is -1.21. The molecule has 0 amide bonds. The lowest BCUT2D eigenvalue weighted by Gasteiger charge is -2.03. The van der Waals surface area contributed by atoms with Crippen molar-refractivity contribution in [1.29, 1.82) is 0 Å². The Morgan fingerprint density at radius 2 is 1.89 bits per heavy atom. The highest BCUT2D eigenvalue weighted by molar-refractivity contribution is 7.89. The smallest absolute Gasteiger partial charge is 0.324 e. The lowest BCUT2D eigenvalue weighted by Crippen LogP contribution is -2.18. The van der Waals surface area contributed by atoms with Gasteiger partial charge in [-0.25, -0.2) is 4.83 Å². The summed E-state index contributed by atoms with van der Waals surface area (Å²) in [6.45, 7) is 1.82. The molecule has 0 radical (unpaired) electrons. The van der Waals surface area contributed by atoms with E-state index in [2.05, 4.69) is 5.10 Å². The van der Waals surface area contributed by atoms with Crippen molar-refractivity contribution in [3.05, 3.63) is 29.8 Å². The molecule has 0 aromatic heterocycles. The standard InChI is InChI=1S/C9H13N2O5PS/c1-8-2-4-9(5-3-8)18(15,16)11-10-6-7-17(12,13)14/h2-6,11H,7H2,1H3,(H2,12,13,14)/b10-6+. The fraction of sp³-hybridized carbons (Fsp3) is 0.222. The second kappa shape index (κ2) is 5.62. The molecule has 0 bridgehead atoms. The van der Waals surface area contributed by atoms with Gasteiger partial charge in [-0.2, -0.15) is 13.5 Å². The Labute approximate surface area is 105 Å². The lowest BCUT2D eigenvalue weighted by molar-refractivity contribution is 0.378. The van der Waals surface area contributed by atoms with Gasteiger partial charge in [-0.1, -0.05) is 17.7 Å². The van der Waals surface area contributed by atoms with E-state index in [4.69, 9.17) is 9.79 Å². The van der Waals surface area contributed by atoms with Gasteiger partial charge in [0.2, 0.25) is 0 Å². The molecule has 0 unspecified atom stereocenters. The summed E-state index contributed by atoms with van der Waals surface area (Å²) >= 11 is 0. The fourth-order valence-electron chi connectivity index (χ4n) is 1.02. The van der Waals surface area contributed by atoms with Crippen LogP contribution in [0, 0.1) is 6.92 Å². The van der Waals surface area contributed by atoms with Crippen molar-refractivity contribution in [1.82, 2.24) is 4.83 Å². The zero-order valence-electron chi connectivity index (χ0n) is 9.52. The molecular weight excluding hydrogens is 279 g/mol. The van der Waals surface area contributed by atoms with E-state index in [1.807, 2.05) is 11.8 Å². The molecule has 0 aliphatic rings. The SMILES string of the molecule is Cc1ccc(S(=O)(=O)N/N=C/CP(=O)(O)O)cc1. The second-order valence-corrected chi connectivity index (χ2v) is 6.92. The lowest BCUT2D eigenvalue weighted by atomic mass is 10.2. The van der Waals surface area contributed by atoms with E-state index in [9.17, 15) is 13.0 Å². The van der Waals surface area contributed by atoms with Crippen LogP contribution in [0.5, 0.6) is 0 Å². The average molecular weight is 292 g/mol. The number of nitrogens with zero attached hydrogens (tertiary/aromatic N) is 1. The van der Waals surface area contributed by atoms with Crippen LogP contribution in [0.3, 0.4) is 0 Å². The van der Waals surface area contributed by atoms with Gasteiger partial charge >= 0.3 is 7.60 Å². The van der Waals surface area contributed by atoms with Crippen molar-refractivity contribution in [2.75, 3.05) is 6.16 Å². The summed E-state index contributed by atoms with van der Waals surface area (Å²) in [7, 11) is -8.01. The van der Waals surface area contributed by atoms with Crippen LogP contribution in [0.2, 0.25) is 0 Å². The maximum absolute atomic E-state index is 11.6. The normalized spacial score (nSPS) is 12.8. The average Bonchev–Trinajstić information content (AvgIpc) is 2.24. The van der Waals surface area contributed by atoms with Gasteiger partial charge in [0.15, 0.2) is 0 Å². The third-order valence-electron chi connectivity index (χ3n) is 1.91. The zero-order valence-corrected chi connectivity index (χ0v) is 11.2.